The number of rotatable bonds is 6. The molecule has 13 nitrogen and oxygen atoms in total. The summed E-state index contributed by atoms with van der Waals surface area (Å²) < 4.78 is 31.2. The molecule has 4 heterocycles. The Labute approximate surface area is 520 Å². The number of carbonyl (C=O) groups is 1. The Morgan fingerprint density at radius 2 is 1.16 bits per heavy atom. The van der Waals surface area contributed by atoms with Crippen molar-refractivity contribution in [1.29, 1.82) is 0 Å². The van der Waals surface area contributed by atoms with Crippen LogP contribution in [0.5, 0.6) is 11.5 Å². The molecule has 3 N–H and O–H groups in total. The number of fused-ring (bicyclic) bond motifs is 8. The van der Waals surface area contributed by atoms with Crippen LogP contribution in [0.1, 0.15) is 117 Å². The number of anilines is 2. The van der Waals surface area contributed by atoms with Crippen LogP contribution in [-0.2, 0) is 53.9 Å². The minimum absolute atomic E-state index is 0.0412. The van der Waals surface area contributed by atoms with Gasteiger partial charge in [0, 0.05) is 107 Å². The zero-order chi connectivity index (χ0) is 60.4. The van der Waals surface area contributed by atoms with E-state index in [-0.39, 0.29) is 48.4 Å². The summed E-state index contributed by atoms with van der Waals surface area (Å²) in [5.74, 6) is 3.33. The van der Waals surface area contributed by atoms with Crippen LogP contribution < -0.4 is 19.3 Å². The third kappa shape index (κ3) is 12.9. The quantitative estimate of drug-likeness (QED) is 0.159. The van der Waals surface area contributed by atoms with Gasteiger partial charge >= 0.3 is 0 Å². The van der Waals surface area contributed by atoms with Crippen LogP contribution in [0.2, 0.25) is 10.0 Å². The summed E-state index contributed by atoms with van der Waals surface area (Å²) in [5.41, 5.74) is 6.15. The summed E-state index contributed by atoms with van der Waals surface area (Å²) in [7, 11) is 7.43. The first-order chi connectivity index (χ1) is 41.5. The lowest BCUT2D eigenvalue weighted by molar-refractivity contribution is -0.139. The van der Waals surface area contributed by atoms with Crippen molar-refractivity contribution in [2.24, 2.45) is 23.7 Å². The van der Waals surface area contributed by atoms with Gasteiger partial charge in [-0.3, -0.25) is 4.79 Å². The highest BCUT2D eigenvalue weighted by atomic mass is 35.5. The maximum absolute atomic E-state index is 13.4. The third-order valence-corrected chi connectivity index (χ3v) is 21.5. The molecule has 4 bridgehead atoms. The monoisotopic (exact) mass is 1210 g/mol. The molecule has 2 spiro atoms. The van der Waals surface area contributed by atoms with Crippen molar-refractivity contribution in [2.75, 3.05) is 110 Å². The van der Waals surface area contributed by atoms with Gasteiger partial charge in [-0.25, -0.2) is 0 Å². The zero-order valence-corrected chi connectivity index (χ0v) is 52.9. The lowest BCUT2D eigenvalue weighted by atomic mass is 9.68. The molecule has 4 aromatic carbocycles. The number of halogens is 2. The zero-order valence-electron chi connectivity index (χ0n) is 51.4. The molecule has 12 rings (SSSR count). The van der Waals surface area contributed by atoms with Crippen molar-refractivity contribution < 1.29 is 43.8 Å². The number of hydrogen-bond donors (Lipinski definition) is 3. The molecular weight excluding hydrogens is 1120 g/mol. The summed E-state index contributed by atoms with van der Waals surface area (Å²) in [6.45, 7) is 12.2. The second kappa shape index (κ2) is 26.5. The molecular formula is C71H92Cl2N4O9. The average molecular weight is 1220 g/mol. The first-order valence-corrected chi connectivity index (χ1v) is 32.5. The Morgan fingerprint density at radius 3 is 1.63 bits per heavy atom. The number of methoxy groups -OCH3 is 2. The van der Waals surface area contributed by atoms with Gasteiger partial charge in [0.2, 0.25) is 5.91 Å². The van der Waals surface area contributed by atoms with Gasteiger partial charge in [0.15, 0.2) is 0 Å². The molecule has 15 heteroatoms. The smallest absolute Gasteiger partial charge is 0.225 e. The Hall–Kier alpha value is -5.09. The van der Waals surface area contributed by atoms with E-state index in [1.54, 1.807) is 19.1 Å². The topological polar surface area (TPSA) is 137 Å². The standard InChI is InChI=1S/C36H47ClN2O5.C35H45ClN2O4/c1-4-43-24-36(41)20-34(40)38(2)17-6-5-9-32(42-3)29-13-10-26(29)21-39-22-35(23-44-33-15-11-27(36)19-31(33)39)16-7-8-25-18-28(37)12-14-30(25)35;1-24-19-35(40,22-39)27-10-14-33-31(18-27)38(20-26-9-12-29(26)32(41-3)8-4-5-16-37(24)2)21-34(23-42-33)15-6-7-25-17-28(36)11-13-30(25)34/h5,9,11-12,14-15,18-19,26,29,32,41H,4,6-8,10,13,16-17,20-24H2,1-3H3;4,8,10-11,13-14,17-18,26,29,32,39-40H,1,5-7,9,12,15-16,19-23H2,2-3H3/b9-5+;8-4+/t26-,29+,32-,35-,36-;26-,29+,32-,34-,35-/m00/s1. The molecule has 2 saturated carbocycles. The number of aryl methyl sites for hydroxylation is 2. The van der Waals surface area contributed by atoms with Gasteiger partial charge in [0.1, 0.15) is 22.7 Å². The number of amides is 1. The van der Waals surface area contributed by atoms with Crippen LogP contribution in [0.3, 0.4) is 0 Å². The Kier molecular flexibility index (Phi) is 19.3. The fourth-order valence-electron chi connectivity index (χ4n) is 15.6. The van der Waals surface area contributed by atoms with Crippen molar-refractivity contribution in [3.8, 4) is 11.5 Å². The van der Waals surface area contributed by atoms with Gasteiger partial charge in [0.05, 0.1) is 56.4 Å². The van der Waals surface area contributed by atoms with Gasteiger partial charge in [0.25, 0.3) is 0 Å². The van der Waals surface area contributed by atoms with Gasteiger partial charge in [-0.15, -0.1) is 0 Å². The Balaban J connectivity index is 0.000000179. The van der Waals surface area contributed by atoms with Crippen molar-refractivity contribution in [3.05, 3.63) is 153 Å². The number of hydrogen-bond acceptors (Lipinski definition) is 12. The lowest BCUT2D eigenvalue weighted by Gasteiger charge is -2.46. The SMILES string of the molecule is C=C1C[C@](O)(CO)c2ccc3c(c2)N(C[C@@H]2CC[C@H]2[C@@H](OC)/C=C/CCN1C)C[C@@]1(CCCc2cc(Cl)ccc21)CO3.CCOC[C@@]1(O)CC(=O)N(C)CC/C=C/[C@H](OC)[C@@H]2CC[C@H]2CN2C[C@@]3(CCCc4cc(Cl)ccc43)COc3ccc1cc32. The molecule has 8 aliphatic rings. The van der Waals surface area contributed by atoms with E-state index >= 15 is 0 Å². The van der Waals surface area contributed by atoms with Crippen LogP contribution in [0.15, 0.2) is 109 Å². The van der Waals surface area contributed by atoms with Crippen LogP contribution in [-0.4, -0.2) is 144 Å². The van der Waals surface area contributed by atoms with E-state index in [9.17, 15) is 20.1 Å². The fourth-order valence-corrected chi connectivity index (χ4v) is 16.0. The summed E-state index contributed by atoms with van der Waals surface area (Å²) in [4.78, 5) is 22.2. The maximum atomic E-state index is 13.4. The van der Waals surface area contributed by atoms with Crippen LogP contribution in [0, 0.1) is 23.7 Å². The van der Waals surface area contributed by atoms with Crippen molar-refractivity contribution in [2.45, 2.75) is 131 Å². The molecule has 0 saturated heterocycles. The van der Waals surface area contributed by atoms with Gasteiger partial charge in [-0.1, -0.05) is 78.4 Å². The van der Waals surface area contributed by atoms with Gasteiger partial charge < -0.3 is 58.6 Å². The average Bonchev–Trinajstić information content (AvgIpc) is 2.63. The van der Waals surface area contributed by atoms with Crippen LogP contribution >= 0.6 is 23.2 Å². The minimum Gasteiger partial charge on any atom is -0.490 e. The second-order valence-electron chi connectivity index (χ2n) is 26.4. The van der Waals surface area contributed by atoms with Crippen LogP contribution in [0.4, 0.5) is 11.4 Å². The summed E-state index contributed by atoms with van der Waals surface area (Å²) in [5, 5.41) is 36.0. The number of carbonyl (C=O) groups excluding carboxylic acids is 1. The number of aliphatic hydroxyl groups excluding tert-OH is 1. The summed E-state index contributed by atoms with van der Waals surface area (Å²) in [6, 6.07) is 24.6. The highest BCUT2D eigenvalue weighted by molar-refractivity contribution is 6.31. The van der Waals surface area contributed by atoms with Crippen molar-refractivity contribution in [1.82, 2.24) is 9.80 Å². The van der Waals surface area contributed by atoms with E-state index in [2.05, 4.69) is 82.0 Å². The van der Waals surface area contributed by atoms with Crippen molar-refractivity contribution in [3.63, 3.8) is 0 Å². The Bertz CT molecular complexity index is 3140. The number of aliphatic hydroxyl groups is 3. The predicted octanol–water partition coefficient (Wildman–Crippen LogP) is 11.7. The molecule has 0 aromatic heterocycles. The fraction of sp³-hybridized carbons (Fsp3) is 0.563. The molecule has 10 atom stereocenters. The number of nitrogens with zero attached hydrogens (tertiary/aromatic N) is 4. The number of ether oxygens (including phenoxy) is 5. The van der Waals surface area contributed by atoms with E-state index < -0.39 is 17.8 Å². The van der Waals surface area contributed by atoms with Crippen LogP contribution in [0.25, 0.3) is 0 Å². The molecule has 4 aromatic rings. The minimum atomic E-state index is -1.46. The largest absolute Gasteiger partial charge is 0.490 e. The molecule has 1 amide bonds. The first kappa shape index (κ1) is 62.5. The molecule has 4 aliphatic carbocycles. The molecule has 86 heavy (non-hydrogen) atoms. The highest BCUT2D eigenvalue weighted by Crippen LogP contribution is 2.51. The summed E-state index contributed by atoms with van der Waals surface area (Å²) in [6.07, 6.45) is 21.6. The maximum Gasteiger partial charge on any atom is 0.225 e. The van der Waals surface area contributed by atoms with E-state index in [4.69, 9.17) is 46.9 Å². The van der Waals surface area contributed by atoms with Gasteiger partial charge in [-0.05, 0) is 190 Å². The third-order valence-electron chi connectivity index (χ3n) is 21.0. The van der Waals surface area contributed by atoms with Crippen molar-refractivity contribution >= 4 is 40.5 Å². The highest BCUT2D eigenvalue weighted by Gasteiger charge is 2.48. The van der Waals surface area contributed by atoms with Gasteiger partial charge in [-0.2, -0.15) is 0 Å². The van der Waals surface area contributed by atoms with E-state index in [1.807, 2.05) is 57.5 Å². The summed E-state index contributed by atoms with van der Waals surface area (Å²) >= 11 is 12.9. The second-order valence-corrected chi connectivity index (χ2v) is 27.3. The van der Waals surface area contributed by atoms with E-state index in [0.717, 1.165) is 148 Å². The predicted molar refractivity (Wildman–Crippen MR) is 342 cm³/mol. The first-order valence-electron chi connectivity index (χ1n) is 31.8. The Morgan fingerprint density at radius 1 is 0.663 bits per heavy atom. The molecule has 0 radical (unpaired) electrons. The molecule has 4 aliphatic heterocycles. The number of benzene rings is 4. The molecule has 0 unspecified atom stereocenters. The molecule has 2 fully saturated rings. The molecule has 464 valence electrons. The van der Waals surface area contributed by atoms with E-state index in [0.29, 0.717) is 61.2 Å². The van der Waals surface area contributed by atoms with E-state index in [1.165, 1.54) is 22.3 Å². The lowest BCUT2D eigenvalue weighted by Crippen LogP contribution is -2.49. The normalized spacial score (nSPS) is 31.8.